The predicted octanol–water partition coefficient (Wildman–Crippen LogP) is 3.05. The Bertz CT molecular complexity index is 750. The van der Waals surface area contributed by atoms with Gasteiger partial charge in [0.1, 0.15) is 5.75 Å². The van der Waals surface area contributed by atoms with Gasteiger partial charge in [-0.1, -0.05) is 41.4 Å². The molecule has 0 atom stereocenters. The van der Waals surface area contributed by atoms with Crippen molar-refractivity contribution in [3.63, 3.8) is 0 Å². The molecule has 0 aliphatic carbocycles. The van der Waals surface area contributed by atoms with E-state index in [9.17, 15) is 9.59 Å². The fourth-order valence-corrected chi connectivity index (χ4v) is 2.53. The van der Waals surface area contributed by atoms with Gasteiger partial charge in [-0.25, -0.2) is 0 Å². The van der Waals surface area contributed by atoms with Gasteiger partial charge < -0.3 is 15.4 Å². The normalized spacial score (nSPS) is 10.1. The smallest absolute Gasteiger partial charge is 0.253 e. The second kappa shape index (κ2) is 8.57. The highest BCUT2D eigenvalue weighted by Crippen LogP contribution is 2.20. The summed E-state index contributed by atoms with van der Waals surface area (Å²) in [6.45, 7) is 0.146. The first-order valence-corrected chi connectivity index (χ1v) is 7.88. The number of methoxy groups -OCH3 is 1. The third-order valence-corrected chi connectivity index (χ3v) is 3.80. The Balaban J connectivity index is 1.85. The van der Waals surface area contributed by atoms with Crippen molar-refractivity contribution in [1.29, 1.82) is 0 Å². The first-order valence-electron chi connectivity index (χ1n) is 7.13. The van der Waals surface area contributed by atoms with Crippen molar-refractivity contribution in [3.8, 4) is 5.75 Å². The summed E-state index contributed by atoms with van der Waals surface area (Å²) in [4.78, 5) is 23.9. The fraction of sp³-hybridized carbons (Fsp3) is 0.176. The Hall–Kier alpha value is -2.24. The van der Waals surface area contributed by atoms with Crippen molar-refractivity contribution < 1.29 is 14.3 Å². The third-order valence-electron chi connectivity index (χ3n) is 3.25. The zero-order valence-electron chi connectivity index (χ0n) is 12.9. The molecule has 7 heteroatoms. The standard InChI is InChI=1S/C17H16Cl2N2O3/c1-24-15-5-3-2-4-11(15)9-20-16(22)10-21-17(23)13-7-6-12(18)8-14(13)19/h2-8H,9-10H2,1H3,(H,20,22)(H,21,23). The Kier molecular flexibility index (Phi) is 6.46. The Morgan fingerprint density at radius 3 is 2.54 bits per heavy atom. The van der Waals surface area contributed by atoms with E-state index in [-0.39, 0.29) is 23.0 Å². The van der Waals surface area contributed by atoms with Crippen molar-refractivity contribution in [1.82, 2.24) is 10.6 Å². The Morgan fingerprint density at radius 1 is 1.08 bits per heavy atom. The predicted molar refractivity (Wildman–Crippen MR) is 93.6 cm³/mol. The molecule has 0 saturated carbocycles. The second-order valence-corrected chi connectivity index (χ2v) is 5.74. The van der Waals surface area contributed by atoms with Gasteiger partial charge in [-0.15, -0.1) is 0 Å². The van der Waals surface area contributed by atoms with Crippen LogP contribution in [0.25, 0.3) is 0 Å². The summed E-state index contributed by atoms with van der Waals surface area (Å²) in [7, 11) is 1.57. The molecule has 0 radical (unpaired) electrons. The Morgan fingerprint density at radius 2 is 1.83 bits per heavy atom. The number of nitrogens with one attached hydrogen (secondary N) is 2. The average Bonchev–Trinajstić information content (AvgIpc) is 2.58. The van der Waals surface area contributed by atoms with Crippen molar-refractivity contribution in [2.24, 2.45) is 0 Å². The van der Waals surface area contributed by atoms with Crippen molar-refractivity contribution in [3.05, 3.63) is 63.6 Å². The molecule has 2 N–H and O–H groups in total. The van der Waals surface area contributed by atoms with Crippen LogP contribution in [-0.2, 0) is 11.3 Å². The van der Waals surface area contributed by atoms with Crippen LogP contribution in [0, 0.1) is 0 Å². The van der Waals surface area contributed by atoms with Crippen LogP contribution in [0.15, 0.2) is 42.5 Å². The molecule has 0 aliphatic rings. The van der Waals surface area contributed by atoms with Crippen LogP contribution in [0.4, 0.5) is 0 Å². The number of hydrogen-bond donors (Lipinski definition) is 2. The van der Waals surface area contributed by atoms with E-state index in [4.69, 9.17) is 27.9 Å². The zero-order chi connectivity index (χ0) is 17.5. The summed E-state index contributed by atoms with van der Waals surface area (Å²) in [5, 5.41) is 5.90. The molecule has 126 valence electrons. The highest BCUT2D eigenvalue weighted by molar-refractivity contribution is 6.36. The van der Waals surface area contributed by atoms with Crippen LogP contribution in [0.5, 0.6) is 5.75 Å². The number of halogens is 2. The zero-order valence-corrected chi connectivity index (χ0v) is 14.4. The van der Waals surface area contributed by atoms with Gasteiger partial charge in [-0.2, -0.15) is 0 Å². The van der Waals surface area contributed by atoms with E-state index in [2.05, 4.69) is 10.6 Å². The number of rotatable bonds is 6. The van der Waals surface area contributed by atoms with Crippen molar-refractivity contribution >= 4 is 35.0 Å². The minimum atomic E-state index is -0.441. The highest BCUT2D eigenvalue weighted by Gasteiger charge is 2.12. The summed E-state index contributed by atoms with van der Waals surface area (Å²) in [5.74, 6) is -0.0711. The number of ether oxygens (including phenoxy) is 1. The van der Waals surface area contributed by atoms with E-state index in [0.29, 0.717) is 17.3 Å². The molecule has 24 heavy (non-hydrogen) atoms. The van der Waals surface area contributed by atoms with Gasteiger partial charge in [0.2, 0.25) is 5.91 Å². The molecule has 0 bridgehead atoms. The molecule has 0 aliphatic heterocycles. The van der Waals surface area contributed by atoms with Crippen LogP contribution < -0.4 is 15.4 Å². The van der Waals surface area contributed by atoms with Crippen LogP contribution in [0.2, 0.25) is 10.0 Å². The van der Waals surface area contributed by atoms with E-state index in [1.54, 1.807) is 13.2 Å². The molecule has 0 aromatic heterocycles. The molecule has 0 fully saturated rings. The van der Waals surface area contributed by atoms with Crippen LogP contribution in [-0.4, -0.2) is 25.5 Å². The monoisotopic (exact) mass is 366 g/mol. The first-order chi connectivity index (χ1) is 11.5. The maximum atomic E-state index is 12.0. The van der Waals surface area contributed by atoms with Crippen molar-refractivity contribution in [2.45, 2.75) is 6.54 Å². The summed E-state index contributed by atoms with van der Waals surface area (Å²) in [6.07, 6.45) is 0. The van der Waals surface area contributed by atoms with Crippen LogP contribution in [0.1, 0.15) is 15.9 Å². The van der Waals surface area contributed by atoms with Gasteiger partial charge in [-0.05, 0) is 24.3 Å². The van der Waals surface area contributed by atoms with Crippen LogP contribution in [0.3, 0.4) is 0 Å². The van der Waals surface area contributed by atoms with Gasteiger partial charge in [0, 0.05) is 17.1 Å². The lowest BCUT2D eigenvalue weighted by Crippen LogP contribution is -2.36. The summed E-state index contributed by atoms with van der Waals surface area (Å²) >= 11 is 11.7. The topological polar surface area (TPSA) is 67.4 Å². The minimum absolute atomic E-state index is 0.160. The van der Waals surface area contributed by atoms with E-state index in [0.717, 1.165) is 5.56 Å². The third kappa shape index (κ3) is 4.88. The molecule has 2 aromatic rings. The summed E-state index contributed by atoms with van der Waals surface area (Å²) in [5.41, 5.74) is 1.11. The van der Waals surface area contributed by atoms with E-state index in [1.807, 2.05) is 24.3 Å². The van der Waals surface area contributed by atoms with E-state index < -0.39 is 5.91 Å². The lowest BCUT2D eigenvalue weighted by molar-refractivity contribution is -0.120. The second-order valence-electron chi connectivity index (χ2n) is 4.90. The lowest BCUT2D eigenvalue weighted by atomic mass is 10.2. The van der Waals surface area contributed by atoms with E-state index >= 15 is 0 Å². The summed E-state index contributed by atoms with van der Waals surface area (Å²) < 4.78 is 5.21. The molecular weight excluding hydrogens is 351 g/mol. The van der Waals surface area contributed by atoms with Gasteiger partial charge >= 0.3 is 0 Å². The quantitative estimate of drug-likeness (QED) is 0.825. The number of carbonyl (C=O) groups excluding carboxylic acids is 2. The number of para-hydroxylation sites is 1. The van der Waals surface area contributed by atoms with Gasteiger partial charge in [0.15, 0.2) is 0 Å². The van der Waals surface area contributed by atoms with Gasteiger partial charge in [0.25, 0.3) is 5.91 Å². The number of hydrogen-bond acceptors (Lipinski definition) is 3. The maximum Gasteiger partial charge on any atom is 0.253 e. The highest BCUT2D eigenvalue weighted by atomic mass is 35.5. The molecule has 0 heterocycles. The molecule has 2 rings (SSSR count). The van der Waals surface area contributed by atoms with Gasteiger partial charge in [-0.3, -0.25) is 9.59 Å². The lowest BCUT2D eigenvalue weighted by Gasteiger charge is -2.10. The SMILES string of the molecule is COc1ccccc1CNC(=O)CNC(=O)c1ccc(Cl)cc1Cl. The molecule has 0 spiro atoms. The molecule has 0 unspecified atom stereocenters. The van der Waals surface area contributed by atoms with Gasteiger partial charge in [0.05, 0.1) is 24.2 Å². The molecule has 5 nitrogen and oxygen atoms in total. The first kappa shape index (κ1) is 18.1. The molecule has 0 saturated heterocycles. The van der Waals surface area contributed by atoms with Crippen molar-refractivity contribution in [2.75, 3.05) is 13.7 Å². The number of amides is 2. The maximum absolute atomic E-state index is 12.0. The molecule has 2 aromatic carbocycles. The van der Waals surface area contributed by atoms with Crippen LogP contribution >= 0.6 is 23.2 Å². The number of carbonyl (C=O) groups is 2. The largest absolute Gasteiger partial charge is 0.496 e. The molecular formula is C17H16Cl2N2O3. The minimum Gasteiger partial charge on any atom is -0.496 e. The fourth-order valence-electron chi connectivity index (χ4n) is 2.03. The Labute approximate surface area is 149 Å². The average molecular weight is 367 g/mol. The number of benzene rings is 2. The molecule has 2 amide bonds. The van der Waals surface area contributed by atoms with E-state index in [1.165, 1.54) is 12.1 Å². The summed E-state index contributed by atoms with van der Waals surface area (Å²) in [6, 6.07) is 11.9.